The maximum atomic E-state index is 11.5. The largest absolute Gasteiger partial charge is 0.502 e. The van der Waals surface area contributed by atoms with Crippen LogP contribution >= 0.6 is 11.6 Å². The molecule has 1 N–H and O–H groups in total. The van der Waals surface area contributed by atoms with Gasteiger partial charge in [-0.25, -0.2) is 0 Å². The fourth-order valence-electron chi connectivity index (χ4n) is 1.36. The van der Waals surface area contributed by atoms with Gasteiger partial charge in [0.2, 0.25) is 11.5 Å². The lowest BCUT2D eigenvalue weighted by atomic mass is 9.95. The molecule has 0 radical (unpaired) electrons. The van der Waals surface area contributed by atoms with Crippen LogP contribution in [-0.4, -0.2) is 21.9 Å². The number of aliphatic hydroxyl groups is 1. The van der Waals surface area contributed by atoms with Gasteiger partial charge in [-0.1, -0.05) is 0 Å². The van der Waals surface area contributed by atoms with Gasteiger partial charge >= 0.3 is 0 Å². The highest BCUT2D eigenvalue weighted by molar-refractivity contribution is 6.22. The van der Waals surface area contributed by atoms with Crippen LogP contribution in [0, 0.1) is 11.3 Å². The third-order valence-electron chi connectivity index (χ3n) is 2.12. The highest BCUT2D eigenvalue weighted by Crippen LogP contribution is 2.33. The van der Waals surface area contributed by atoms with E-state index in [9.17, 15) is 9.90 Å². The van der Waals surface area contributed by atoms with E-state index in [1.807, 2.05) is 0 Å². The number of nitriles is 1. The van der Waals surface area contributed by atoms with Gasteiger partial charge in [0.15, 0.2) is 5.60 Å². The van der Waals surface area contributed by atoms with Gasteiger partial charge in [-0.2, -0.15) is 5.26 Å². The standard InChI is InChI=1S/C9H10ClNO3/c1-5-7(12)8(13)9(2,14-5)3-6(10)4-11/h6,12H,3H2,1-2H3/t6?,9-/m1/s1. The van der Waals surface area contributed by atoms with Crippen LogP contribution in [0.15, 0.2) is 11.5 Å². The molecular weight excluding hydrogens is 206 g/mol. The number of alkyl halides is 1. The lowest BCUT2D eigenvalue weighted by Gasteiger charge is -2.22. The van der Waals surface area contributed by atoms with E-state index in [2.05, 4.69) is 0 Å². The van der Waals surface area contributed by atoms with Gasteiger partial charge in [-0.15, -0.1) is 11.6 Å². The van der Waals surface area contributed by atoms with Gasteiger partial charge < -0.3 is 9.84 Å². The molecule has 0 aromatic carbocycles. The van der Waals surface area contributed by atoms with Crippen molar-refractivity contribution in [1.82, 2.24) is 0 Å². The monoisotopic (exact) mass is 215 g/mol. The second kappa shape index (κ2) is 3.50. The van der Waals surface area contributed by atoms with Gasteiger partial charge in [-0.3, -0.25) is 4.79 Å². The smallest absolute Gasteiger partial charge is 0.243 e. The number of hydrogen-bond donors (Lipinski definition) is 1. The molecule has 1 aliphatic rings. The summed E-state index contributed by atoms with van der Waals surface area (Å²) >= 11 is 5.60. The quantitative estimate of drug-likeness (QED) is 0.711. The van der Waals surface area contributed by atoms with E-state index in [-0.39, 0.29) is 17.9 Å². The van der Waals surface area contributed by atoms with E-state index in [0.717, 1.165) is 0 Å². The molecule has 0 amide bonds. The summed E-state index contributed by atoms with van der Waals surface area (Å²) in [6, 6.07) is 1.80. The van der Waals surface area contributed by atoms with Crippen LogP contribution in [-0.2, 0) is 9.53 Å². The molecule has 76 valence electrons. The number of ketones is 1. The number of hydrogen-bond acceptors (Lipinski definition) is 4. The van der Waals surface area contributed by atoms with Crippen LogP contribution in [0.1, 0.15) is 20.3 Å². The highest BCUT2D eigenvalue weighted by atomic mass is 35.5. The van der Waals surface area contributed by atoms with Gasteiger partial charge in [0.1, 0.15) is 11.1 Å². The molecule has 0 spiro atoms. The summed E-state index contributed by atoms with van der Waals surface area (Å²) in [5.41, 5.74) is -1.20. The average Bonchev–Trinajstić information content (AvgIpc) is 2.30. The Kier molecular flexibility index (Phi) is 2.72. The van der Waals surface area contributed by atoms with Crippen LogP contribution in [0.3, 0.4) is 0 Å². The molecule has 14 heavy (non-hydrogen) atoms. The first-order valence-electron chi connectivity index (χ1n) is 4.08. The van der Waals surface area contributed by atoms with Crippen LogP contribution in [0.2, 0.25) is 0 Å². The van der Waals surface area contributed by atoms with Gasteiger partial charge in [0.25, 0.3) is 0 Å². The van der Waals surface area contributed by atoms with Crippen molar-refractivity contribution in [1.29, 1.82) is 5.26 Å². The van der Waals surface area contributed by atoms with Crippen molar-refractivity contribution in [2.24, 2.45) is 0 Å². The third kappa shape index (κ3) is 1.68. The lowest BCUT2D eigenvalue weighted by molar-refractivity contribution is -0.131. The Morgan fingerprint density at radius 2 is 2.36 bits per heavy atom. The first-order chi connectivity index (χ1) is 6.40. The summed E-state index contributed by atoms with van der Waals surface area (Å²) in [7, 11) is 0. The molecule has 1 heterocycles. The maximum absolute atomic E-state index is 11.5. The Morgan fingerprint density at radius 1 is 1.79 bits per heavy atom. The number of Topliss-reactive ketones (excluding diaryl/α,β-unsaturated/α-hetero) is 1. The van der Waals surface area contributed by atoms with Crippen LogP contribution < -0.4 is 0 Å². The Labute approximate surface area is 86.7 Å². The van der Waals surface area contributed by atoms with Crippen LogP contribution in [0.4, 0.5) is 0 Å². The topological polar surface area (TPSA) is 70.3 Å². The molecule has 4 nitrogen and oxygen atoms in total. The number of allylic oxidation sites excluding steroid dienone is 1. The van der Waals surface area contributed by atoms with Crippen molar-refractivity contribution in [2.45, 2.75) is 31.2 Å². The molecular formula is C9H10ClNO3. The van der Waals surface area contributed by atoms with E-state index < -0.39 is 16.8 Å². The predicted molar refractivity (Wildman–Crippen MR) is 49.7 cm³/mol. The van der Waals surface area contributed by atoms with E-state index in [0.29, 0.717) is 0 Å². The summed E-state index contributed by atoms with van der Waals surface area (Å²) in [5, 5.41) is 17.0. The van der Waals surface area contributed by atoms with Crippen molar-refractivity contribution < 1.29 is 14.6 Å². The average molecular weight is 216 g/mol. The fourth-order valence-corrected chi connectivity index (χ4v) is 1.66. The number of carbonyl (C=O) groups is 1. The molecule has 0 aliphatic carbocycles. The van der Waals surface area contributed by atoms with Gasteiger partial charge in [-0.05, 0) is 13.8 Å². The molecule has 0 fully saturated rings. The number of ether oxygens (including phenoxy) is 1. The molecule has 0 saturated heterocycles. The minimum absolute atomic E-state index is 0.0608. The second-order valence-electron chi connectivity index (χ2n) is 3.37. The van der Waals surface area contributed by atoms with E-state index in [1.54, 1.807) is 6.07 Å². The first-order valence-corrected chi connectivity index (χ1v) is 4.51. The van der Waals surface area contributed by atoms with Crippen molar-refractivity contribution in [3.05, 3.63) is 11.5 Å². The Bertz CT molecular complexity index is 344. The Balaban J connectivity index is 2.83. The van der Waals surface area contributed by atoms with E-state index >= 15 is 0 Å². The summed E-state index contributed by atoms with van der Waals surface area (Å²) < 4.78 is 5.19. The Hall–Kier alpha value is -1.21. The highest BCUT2D eigenvalue weighted by Gasteiger charge is 2.45. The third-order valence-corrected chi connectivity index (χ3v) is 2.37. The van der Waals surface area contributed by atoms with Crippen LogP contribution in [0.5, 0.6) is 0 Å². The second-order valence-corrected chi connectivity index (χ2v) is 3.89. The molecule has 1 rings (SSSR count). The number of rotatable bonds is 2. The molecule has 0 bridgehead atoms. The van der Waals surface area contributed by atoms with Crippen molar-refractivity contribution >= 4 is 17.4 Å². The fraction of sp³-hybridized carbons (Fsp3) is 0.556. The van der Waals surface area contributed by atoms with Crippen molar-refractivity contribution in [3.8, 4) is 6.07 Å². The number of halogens is 1. The zero-order chi connectivity index (χ0) is 10.9. The molecule has 0 aromatic heterocycles. The predicted octanol–water partition coefficient (Wildman–Crippen LogP) is 1.65. The summed E-state index contributed by atoms with van der Waals surface area (Å²) in [6.07, 6.45) is 0.0608. The molecule has 5 heteroatoms. The summed E-state index contributed by atoms with van der Waals surface area (Å²) in [5.74, 6) is -0.718. The molecule has 0 aromatic rings. The van der Waals surface area contributed by atoms with Crippen molar-refractivity contribution in [3.63, 3.8) is 0 Å². The Morgan fingerprint density at radius 3 is 2.71 bits per heavy atom. The lowest BCUT2D eigenvalue weighted by Crippen LogP contribution is -2.36. The summed E-state index contributed by atoms with van der Waals surface area (Å²) in [4.78, 5) is 11.5. The van der Waals surface area contributed by atoms with Crippen molar-refractivity contribution in [2.75, 3.05) is 0 Å². The number of aliphatic hydroxyl groups excluding tert-OH is 1. The number of nitrogens with zero attached hydrogens (tertiary/aromatic N) is 1. The molecule has 1 aliphatic heterocycles. The molecule has 2 atom stereocenters. The first kappa shape index (κ1) is 10.9. The normalized spacial score (nSPS) is 28.6. The van der Waals surface area contributed by atoms with E-state index in [1.165, 1.54) is 13.8 Å². The zero-order valence-corrected chi connectivity index (χ0v) is 8.63. The van der Waals surface area contributed by atoms with E-state index in [4.69, 9.17) is 21.6 Å². The minimum atomic E-state index is -1.20. The SMILES string of the molecule is CC1=C(O)C(=O)[C@@](C)(CC(Cl)C#N)O1. The van der Waals surface area contributed by atoms with Gasteiger partial charge in [0, 0.05) is 6.42 Å². The molecule has 0 saturated carbocycles. The zero-order valence-electron chi connectivity index (χ0n) is 7.87. The van der Waals surface area contributed by atoms with Crippen LogP contribution in [0.25, 0.3) is 0 Å². The minimum Gasteiger partial charge on any atom is -0.502 e. The summed E-state index contributed by atoms with van der Waals surface area (Å²) in [6.45, 7) is 3.00. The van der Waals surface area contributed by atoms with Gasteiger partial charge in [0.05, 0.1) is 6.07 Å². The number of carbonyl (C=O) groups excluding carboxylic acids is 1. The molecule has 1 unspecified atom stereocenters. The maximum Gasteiger partial charge on any atom is 0.243 e.